The van der Waals surface area contributed by atoms with Crippen LogP contribution in [0.5, 0.6) is 0 Å². The number of nitrogens with zero attached hydrogens (tertiary/aromatic N) is 1. The summed E-state index contributed by atoms with van der Waals surface area (Å²) in [6.45, 7) is 0. The average Bonchev–Trinajstić information content (AvgIpc) is 2.76. The summed E-state index contributed by atoms with van der Waals surface area (Å²) in [6.07, 6.45) is 0.905. The van der Waals surface area contributed by atoms with Gasteiger partial charge in [-0.1, -0.05) is 6.07 Å². The van der Waals surface area contributed by atoms with Gasteiger partial charge < -0.3 is 5.11 Å². The molecular formula is C11H9FN2O4S. The molecule has 0 saturated carbocycles. The average molecular weight is 284 g/mol. The van der Waals surface area contributed by atoms with E-state index in [0.717, 1.165) is 18.4 Å². The minimum absolute atomic E-state index is 0.136. The van der Waals surface area contributed by atoms with Gasteiger partial charge in [-0.2, -0.15) is 5.10 Å². The molecule has 0 atom stereocenters. The molecule has 0 spiro atoms. The van der Waals surface area contributed by atoms with Crippen molar-refractivity contribution in [1.82, 2.24) is 10.2 Å². The van der Waals surface area contributed by atoms with Crippen molar-refractivity contribution in [2.24, 2.45) is 0 Å². The van der Waals surface area contributed by atoms with Crippen molar-refractivity contribution in [2.45, 2.75) is 4.90 Å². The summed E-state index contributed by atoms with van der Waals surface area (Å²) in [5.74, 6) is -2.09. The largest absolute Gasteiger partial charge is 0.477 e. The Balaban J connectivity index is 2.47. The Hall–Kier alpha value is -2.22. The molecule has 2 rings (SSSR count). The second kappa shape index (κ2) is 4.47. The van der Waals surface area contributed by atoms with Gasteiger partial charge in [-0.25, -0.2) is 17.6 Å². The molecule has 0 amide bonds. The van der Waals surface area contributed by atoms with Gasteiger partial charge >= 0.3 is 5.97 Å². The number of aromatic carboxylic acids is 1. The zero-order chi connectivity index (χ0) is 14.2. The molecular weight excluding hydrogens is 275 g/mol. The first-order chi connectivity index (χ1) is 8.79. The van der Waals surface area contributed by atoms with Gasteiger partial charge in [0.15, 0.2) is 9.84 Å². The Morgan fingerprint density at radius 1 is 1.37 bits per heavy atom. The normalized spacial score (nSPS) is 11.5. The number of benzene rings is 1. The van der Waals surface area contributed by atoms with E-state index in [9.17, 15) is 17.6 Å². The van der Waals surface area contributed by atoms with Crippen LogP contribution in [0, 0.1) is 5.82 Å². The van der Waals surface area contributed by atoms with Gasteiger partial charge in [0.25, 0.3) is 0 Å². The lowest BCUT2D eigenvalue weighted by Gasteiger charge is -2.02. The minimum atomic E-state index is -3.64. The molecule has 2 aromatic rings. The van der Waals surface area contributed by atoms with E-state index in [1.165, 1.54) is 12.1 Å². The van der Waals surface area contributed by atoms with Gasteiger partial charge in [0.2, 0.25) is 0 Å². The zero-order valence-corrected chi connectivity index (χ0v) is 10.5. The van der Waals surface area contributed by atoms with Gasteiger partial charge in [-0.3, -0.25) is 5.10 Å². The van der Waals surface area contributed by atoms with E-state index < -0.39 is 26.5 Å². The van der Waals surface area contributed by atoms with Crippen LogP contribution < -0.4 is 0 Å². The number of rotatable bonds is 3. The number of hydrogen-bond donors (Lipinski definition) is 2. The lowest BCUT2D eigenvalue weighted by molar-refractivity contribution is 0.0690. The van der Waals surface area contributed by atoms with Crippen LogP contribution in [0.2, 0.25) is 0 Å². The third-order valence-corrected chi connectivity index (χ3v) is 3.57. The number of sulfone groups is 1. The quantitative estimate of drug-likeness (QED) is 0.885. The molecule has 0 unspecified atom stereocenters. The summed E-state index contributed by atoms with van der Waals surface area (Å²) in [7, 11) is -3.64. The fourth-order valence-electron chi connectivity index (χ4n) is 1.54. The van der Waals surface area contributed by atoms with Crippen molar-refractivity contribution in [2.75, 3.05) is 6.26 Å². The van der Waals surface area contributed by atoms with Gasteiger partial charge in [0.1, 0.15) is 16.4 Å². The highest BCUT2D eigenvalue weighted by molar-refractivity contribution is 7.90. The highest BCUT2D eigenvalue weighted by atomic mass is 32.2. The molecule has 1 heterocycles. The first-order valence-corrected chi connectivity index (χ1v) is 6.97. The number of aromatic amines is 1. The molecule has 0 aliphatic heterocycles. The predicted molar refractivity (Wildman–Crippen MR) is 64.1 cm³/mol. The van der Waals surface area contributed by atoms with Gasteiger partial charge in [-0.05, 0) is 18.2 Å². The summed E-state index contributed by atoms with van der Waals surface area (Å²) >= 11 is 0. The number of halogens is 1. The van der Waals surface area contributed by atoms with Crippen molar-refractivity contribution in [3.8, 4) is 11.3 Å². The summed E-state index contributed by atoms with van der Waals surface area (Å²) in [5, 5.41) is 14.7. The van der Waals surface area contributed by atoms with Crippen molar-refractivity contribution in [3.05, 3.63) is 35.8 Å². The zero-order valence-electron chi connectivity index (χ0n) is 9.71. The highest BCUT2D eigenvalue weighted by Gasteiger charge is 2.16. The number of H-pyrrole nitrogens is 1. The maximum Gasteiger partial charge on any atom is 0.353 e. The van der Waals surface area contributed by atoms with Crippen molar-refractivity contribution in [3.63, 3.8) is 0 Å². The van der Waals surface area contributed by atoms with Gasteiger partial charge in [0.05, 0.1) is 5.69 Å². The summed E-state index contributed by atoms with van der Waals surface area (Å²) < 4.78 is 36.2. The standard InChI is InChI=1S/C11H9FN2O4S/c1-19(17,18)10-3-2-6(4-7(10)12)8-5-9(11(15)16)14-13-8/h2-5H,1H3,(H,13,14)(H,15,16). The topological polar surface area (TPSA) is 100 Å². The Morgan fingerprint density at radius 3 is 2.53 bits per heavy atom. The molecule has 0 radical (unpaired) electrons. The molecule has 2 N–H and O–H groups in total. The highest BCUT2D eigenvalue weighted by Crippen LogP contribution is 2.23. The summed E-state index contributed by atoms with van der Waals surface area (Å²) in [4.78, 5) is 10.3. The number of nitrogens with one attached hydrogen (secondary N) is 1. The van der Waals surface area contributed by atoms with Crippen LogP contribution in [0.1, 0.15) is 10.5 Å². The SMILES string of the molecule is CS(=O)(=O)c1ccc(-c2cc(C(=O)O)[nH]n2)cc1F. The van der Waals surface area contributed by atoms with Crippen LogP contribution in [-0.2, 0) is 9.84 Å². The minimum Gasteiger partial charge on any atom is -0.477 e. The summed E-state index contributed by atoms with van der Waals surface area (Å²) in [5.41, 5.74) is 0.368. The molecule has 8 heteroatoms. The van der Waals surface area contributed by atoms with Gasteiger partial charge in [0, 0.05) is 11.8 Å². The Morgan fingerprint density at radius 2 is 2.05 bits per heavy atom. The molecule has 0 aliphatic carbocycles. The Bertz CT molecular complexity index is 752. The van der Waals surface area contributed by atoms with E-state index in [2.05, 4.69) is 10.2 Å². The van der Waals surface area contributed by atoms with Gasteiger partial charge in [-0.15, -0.1) is 0 Å². The lowest BCUT2D eigenvalue weighted by atomic mass is 10.1. The van der Waals surface area contributed by atoms with Crippen LogP contribution in [0.4, 0.5) is 4.39 Å². The monoisotopic (exact) mass is 284 g/mol. The maximum absolute atomic E-state index is 13.7. The molecule has 0 fully saturated rings. The first-order valence-electron chi connectivity index (χ1n) is 5.08. The lowest BCUT2D eigenvalue weighted by Crippen LogP contribution is -2.00. The second-order valence-corrected chi connectivity index (χ2v) is 5.87. The first kappa shape index (κ1) is 13.2. The smallest absolute Gasteiger partial charge is 0.353 e. The summed E-state index contributed by atoms with van der Waals surface area (Å²) in [6, 6.07) is 4.71. The third kappa shape index (κ3) is 2.63. The molecule has 100 valence electrons. The molecule has 1 aromatic heterocycles. The van der Waals surface area contributed by atoms with E-state index in [-0.39, 0.29) is 17.0 Å². The van der Waals surface area contributed by atoms with E-state index in [0.29, 0.717) is 0 Å². The maximum atomic E-state index is 13.7. The fraction of sp³-hybridized carbons (Fsp3) is 0.0909. The Labute approximate surface area is 107 Å². The van der Waals surface area contributed by atoms with E-state index in [1.54, 1.807) is 0 Å². The van der Waals surface area contributed by atoms with Crippen LogP contribution in [0.3, 0.4) is 0 Å². The van der Waals surface area contributed by atoms with E-state index in [4.69, 9.17) is 5.11 Å². The molecule has 1 aromatic carbocycles. The number of carbonyl (C=O) groups is 1. The van der Waals surface area contributed by atoms with Crippen LogP contribution in [0.15, 0.2) is 29.2 Å². The van der Waals surface area contributed by atoms with Crippen molar-refractivity contribution in [1.29, 1.82) is 0 Å². The van der Waals surface area contributed by atoms with Crippen LogP contribution >= 0.6 is 0 Å². The number of hydrogen-bond acceptors (Lipinski definition) is 4. The molecule has 0 aliphatic rings. The van der Waals surface area contributed by atoms with E-state index in [1.807, 2.05) is 0 Å². The van der Waals surface area contributed by atoms with Crippen LogP contribution in [-0.4, -0.2) is 35.9 Å². The number of aromatic nitrogens is 2. The Kier molecular flexibility index (Phi) is 3.11. The third-order valence-electron chi connectivity index (χ3n) is 2.44. The number of carboxylic acids is 1. The predicted octanol–water partition coefficient (Wildman–Crippen LogP) is 1.32. The fourth-order valence-corrected chi connectivity index (χ4v) is 2.27. The van der Waals surface area contributed by atoms with E-state index >= 15 is 0 Å². The molecule has 0 bridgehead atoms. The molecule has 0 saturated heterocycles. The molecule has 6 nitrogen and oxygen atoms in total. The van der Waals surface area contributed by atoms with Crippen molar-refractivity contribution >= 4 is 15.8 Å². The number of carboxylic acid groups (broad SMARTS) is 1. The molecule has 19 heavy (non-hydrogen) atoms. The second-order valence-electron chi connectivity index (χ2n) is 3.89. The van der Waals surface area contributed by atoms with Crippen molar-refractivity contribution < 1.29 is 22.7 Å². The van der Waals surface area contributed by atoms with Crippen LogP contribution in [0.25, 0.3) is 11.3 Å².